The van der Waals surface area contributed by atoms with Gasteiger partial charge in [-0.2, -0.15) is 0 Å². The lowest BCUT2D eigenvalue weighted by molar-refractivity contribution is -0.122. The van der Waals surface area contributed by atoms with Gasteiger partial charge in [0.25, 0.3) is 0 Å². The van der Waals surface area contributed by atoms with Crippen LogP contribution in [0.15, 0.2) is 42.7 Å². The lowest BCUT2D eigenvalue weighted by Crippen LogP contribution is -2.44. The molecule has 3 saturated carbocycles. The second kappa shape index (κ2) is 7.07. The lowest BCUT2D eigenvalue weighted by Gasteiger charge is -2.51. The molecule has 1 aromatic heterocycles. The molecule has 1 aliphatic heterocycles. The van der Waals surface area contributed by atoms with Gasteiger partial charge in [-0.1, -0.05) is 12.1 Å². The summed E-state index contributed by atoms with van der Waals surface area (Å²) in [6.07, 6.45) is 15.6. The summed E-state index contributed by atoms with van der Waals surface area (Å²) in [4.78, 5) is 17.5. The minimum Gasteiger partial charge on any atom is -0.328 e. The predicted octanol–water partition coefficient (Wildman–Crippen LogP) is 5.31. The molecule has 4 aliphatic rings. The van der Waals surface area contributed by atoms with Gasteiger partial charge in [0.1, 0.15) is 11.6 Å². The standard InChI is InChI=1S/C25H28FN3O/c26-15-2-1-3-16(14-15)28-25(30)22-7-6-17-18-8-10-23-21(19(18)4-5-20(17)22)9-11-24-27-12-13-29(23)24/h1-3,9,11-14,17-23H,4-8,10H2,(H,28,30)/t17-,18-,19-,20-,21+,22+,23?/m0/s1. The average molecular weight is 406 g/mol. The smallest absolute Gasteiger partial charge is 0.227 e. The van der Waals surface area contributed by atoms with E-state index < -0.39 is 0 Å². The molecule has 3 aliphatic carbocycles. The quantitative estimate of drug-likeness (QED) is 0.736. The molecule has 0 bridgehead atoms. The number of imidazole rings is 1. The largest absolute Gasteiger partial charge is 0.328 e. The summed E-state index contributed by atoms with van der Waals surface area (Å²) in [5.41, 5.74) is 0.570. The van der Waals surface area contributed by atoms with Crippen molar-refractivity contribution in [2.75, 3.05) is 5.32 Å². The Hall–Kier alpha value is -2.43. The number of carbonyl (C=O) groups excluding carboxylic acids is 1. The third kappa shape index (κ3) is 2.85. The first-order valence-corrected chi connectivity index (χ1v) is 11.5. The van der Waals surface area contributed by atoms with Crippen molar-refractivity contribution in [3.63, 3.8) is 0 Å². The topological polar surface area (TPSA) is 46.9 Å². The number of anilines is 1. The molecule has 4 nitrogen and oxygen atoms in total. The van der Waals surface area contributed by atoms with E-state index in [0.717, 1.165) is 36.9 Å². The highest BCUT2D eigenvalue weighted by Gasteiger charge is 2.52. The Bertz CT molecular complexity index is 998. The van der Waals surface area contributed by atoms with Crippen LogP contribution < -0.4 is 5.32 Å². The number of nitrogens with zero attached hydrogens (tertiary/aromatic N) is 2. The van der Waals surface area contributed by atoms with Crippen molar-refractivity contribution in [3.05, 3.63) is 54.4 Å². The monoisotopic (exact) mass is 405 g/mol. The Balaban J connectivity index is 1.18. The summed E-state index contributed by atoms with van der Waals surface area (Å²) < 4.78 is 15.9. The van der Waals surface area contributed by atoms with Crippen LogP contribution in [0.5, 0.6) is 0 Å². The normalized spacial score (nSPS) is 36.4. The van der Waals surface area contributed by atoms with Gasteiger partial charge in [-0.3, -0.25) is 4.79 Å². The maximum Gasteiger partial charge on any atom is 0.227 e. The second-order valence-electron chi connectivity index (χ2n) is 9.69. The summed E-state index contributed by atoms with van der Waals surface area (Å²) in [5.74, 6) is 4.13. The molecule has 2 heterocycles. The summed E-state index contributed by atoms with van der Waals surface area (Å²) in [7, 11) is 0. The van der Waals surface area contributed by atoms with Crippen molar-refractivity contribution in [3.8, 4) is 0 Å². The molecule has 1 unspecified atom stereocenters. The highest BCUT2D eigenvalue weighted by Crippen LogP contribution is 2.58. The van der Waals surface area contributed by atoms with Crippen molar-refractivity contribution in [1.29, 1.82) is 0 Å². The number of allylic oxidation sites excluding steroid dienone is 1. The molecule has 30 heavy (non-hydrogen) atoms. The first-order valence-electron chi connectivity index (χ1n) is 11.5. The summed E-state index contributed by atoms with van der Waals surface area (Å²) in [6, 6.07) is 6.78. The van der Waals surface area contributed by atoms with E-state index in [4.69, 9.17) is 0 Å². The number of aromatic nitrogens is 2. The van der Waals surface area contributed by atoms with E-state index in [1.165, 1.54) is 31.4 Å². The number of nitrogens with one attached hydrogen (secondary N) is 1. The van der Waals surface area contributed by atoms with Gasteiger partial charge in [-0.25, -0.2) is 9.37 Å². The molecule has 0 spiro atoms. The fourth-order valence-corrected chi connectivity index (χ4v) is 7.36. The minimum atomic E-state index is -0.309. The van der Waals surface area contributed by atoms with Crippen LogP contribution in [-0.2, 0) is 4.79 Å². The maximum absolute atomic E-state index is 13.5. The summed E-state index contributed by atoms with van der Waals surface area (Å²) in [6.45, 7) is 0. The molecule has 1 amide bonds. The Kier molecular flexibility index (Phi) is 4.32. The van der Waals surface area contributed by atoms with Crippen LogP contribution in [0.25, 0.3) is 6.08 Å². The zero-order valence-electron chi connectivity index (χ0n) is 17.1. The molecular formula is C25H28FN3O. The zero-order valence-corrected chi connectivity index (χ0v) is 17.1. The van der Waals surface area contributed by atoms with Crippen LogP contribution in [-0.4, -0.2) is 15.5 Å². The summed E-state index contributed by atoms with van der Waals surface area (Å²) >= 11 is 0. The van der Waals surface area contributed by atoms with Crippen molar-refractivity contribution in [1.82, 2.24) is 9.55 Å². The van der Waals surface area contributed by atoms with E-state index in [9.17, 15) is 9.18 Å². The van der Waals surface area contributed by atoms with Crippen molar-refractivity contribution in [2.45, 2.75) is 44.6 Å². The van der Waals surface area contributed by atoms with E-state index in [1.54, 1.807) is 12.1 Å². The van der Waals surface area contributed by atoms with Crippen LogP contribution in [0, 0.1) is 41.3 Å². The molecule has 7 atom stereocenters. The second-order valence-corrected chi connectivity index (χ2v) is 9.69. The van der Waals surface area contributed by atoms with Gasteiger partial charge in [0, 0.05) is 36.0 Å². The van der Waals surface area contributed by atoms with Crippen molar-refractivity contribution >= 4 is 17.7 Å². The van der Waals surface area contributed by atoms with E-state index in [2.05, 4.69) is 33.2 Å². The van der Waals surface area contributed by atoms with Crippen molar-refractivity contribution in [2.24, 2.45) is 35.5 Å². The molecule has 1 N–H and O–H groups in total. The number of rotatable bonds is 2. The molecule has 1 aromatic carbocycles. The molecule has 2 aromatic rings. The highest BCUT2D eigenvalue weighted by molar-refractivity contribution is 5.93. The fraction of sp³-hybridized carbons (Fsp3) is 0.520. The first-order chi connectivity index (χ1) is 14.7. The summed E-state index contributed by atoms with van der Waals surface area (Å²) in [5, 5.41) is 2.98. The Morgan fingerprint density at radius 3 is 2.73 bits per heavy atom. The van der Waals surface area contributed by atoms with Crippen LogP contribution in [0.4, 0.5) is 10.1 Å². The molecule has 156 valence electrons. The van der Waals surface area contributed by atoms with Gasteiger partial charge in [0.15, 0.2) is 0 Å². The molecule has 3 fully saturated rings. The molecule has 0 radical (unpaired) electrons. The number of halogens is 1. The number of fused-ring (bicyclic) bond motifs is 7. The number of hydrogen-bond acceptors (Lipinski definition) is 2. The third-order valence-electron chi connectivity index (χ3n) is 8.50. The number of amides is 1. The van der Waals surface area contributed by atoms with E-state index in [1.807, 2.05) is 6.20 Å². The third-order valence-corrected chi connectivity index (χ3v) is 8.50. The Morgan fingerprint density at radius 2 is 1.83 bits per heavy atom. The number of carbonyl (C=O) groups is 1. The lowest BCUT2D eigenvalue weighted by atomic mass is 9.56. The van der Waals surface area contributed by atoms with Crippen LogP contribution in [0.1, 0.15) is 50.4 Å². The first kappa shape index (κ1) is 18.3. The van der Waals surface area contributed by atoms with Crippen molar-refractivity contribution < 1.29 is 9.18 Å². The van der Waals surface area contributed by atoms with E-state index >= 15 is 0 Å². The van der Waals surface area contributed by atoms with Gasteiger partial charge in [-0.15, -0.1) is 0 Å². The van der Waals surface area contributed by atoms with Gasteiger partial charge < -0.3 is 9.88 Å². The average Bonchev–Trinajstić information content (AvgIpc) is 3.40. The Morgan fingerprint density at radius 1 is 1.03 bits per heavy atom. The molecule has 5 heteroatoms. The van der Waals surface area contributed by atoms with E-state index in [-0.39, 0.29) is 17.6 Å². The molecule has 6 rings (SSSR count). The number of hydrogen-bond donors (Lipinski definition) is 1. The number of benzene rings is 1. The molecular weight excluding hydrogens is 377 g/mol. The Labute approximate surface area is 176 Å². The van der Waals surface area contributed by atoms with E-state index in [0.29, 0.717) is 29.5 Å². The van der Waals surface area contributed by atoms with Crippen LogP contribution >= 0.6 is 0 Å². The maximum atomic E-state index is 13.5. The van der Waals surface area contributed by atoms with Gasteiger partial charge in [0.2, 0.25) is 5.91 Å². The zero-order chi connectivity index (χ0) is 20.2. The van der Waals surface area contributed by atoms with Gasteiger partial charge in [-0.05, 0) is 86.5 Å². The van der Waals surface area contributed by atoms with Crippen LogP contribution in [0.3, 0.4) is 0 Å². The van der Waals surface area contributed by atoms with Crippen LogP contribution in [0.2, 0.25) is 0 Å². The van der Waals surface area contributed by atoms with Gasteiger partial charge in [0.05, 0.1) is 0 Å². The highest BCUT2D eigenvalue weighted by atomic mass is 19.1. The minimum absolute atomic E-state index is 0.0686. The SMILES string of the molecule is O=C(Nc1cccc(F)c1)[C@@H]1CC[C@H]2[C@@H]3CCC4[C@H](C=Cc5nccn54)[C@H]3CC[C@@H]21. The molecule has 0 saturated heterocycles. The van der Waals surface area contributed by atoms with Gasteiger partial charge >= 0.3 is 0 Å². The predicted molar refractivity (Wildman–Crippen MR) is 114 cm³/mol. The fourth-order valence-electron chi connectivity index (χ4n) is 7.36.